The van der Waals surface area contributed by atoms with Crippen LogP contribution in [0.2, 0.25) is 10.0 Å². The van der Waals surface area contributed by atoms with E-state index in [0.717, 1.165) is 22.7 Å². The van der Waals surface area contributed by atoms with Crippen LogP contribution in [0.3, 0.4) is 0 Å². The molecule has 1 aliphatic rings. The number of rotatable bonds is 3. The molecule has 9 heteroatoms. The first-order valence-corrected chi connectivity index (χ1v) is 9.63. The molecule has 0 radical (unpaired) electrons. The number of hydrogen-bond acceptors (Lipinski definition) is 4. The monoisotopic (exact) mass is 443 g/mol. The van der Waals surface area contributed by atoms with Crippen LogP contribution in [-0.2, 0) is 0 Å². The second kappa shape index (κ2) is 8.41. The third-order valence-corrected chi connectivity index (χ3v) is 5.51. The van der Waals surface area contributed by atoms with E-state index in [1.807, 2.05) is 42.2 Å². The summed E-state index contributed by atoms with van der Waals surface area (Å²) in [5.41, 5.74) is 8.55. The molecule has 0 aliphatic carbocycles. The highest BCUT2D eigenvalue weighted by atomic mass is 35.5. The van der Waals surface area contributed by atoms with Gasteiger partial charge in [-0.05, 0) is 43.7 Å². The molecule has 2 N–H and O–H groups in total. The normalized spacial score (nSPS) is 20.8. The first-order chi connectivity index (χ1) is 12.9. The van der Waals surface area contributed by atoms with Crippen molar-refractivity contribution in [2.75, 3.05) is 18.0 Å². The van der Waals surface area contributed by atoms with Crippen molar-refractivity contribution in [1.82, 2.24) is 14.5 Å². The molecule has 0 bridgehead atoms. The van der Waals surface area contributed by atoms with Gasteiger partial charge in [0.1, 0.15) is 6.17 Å². The van der Waals surface area contributed by atoms with Gasteiger partial charge in [0.15, 0.2) is 0 Å². The van der Waals surface area contributed by atoms with Crippen molar-refractivity contribution in [1.29, 1.82) is 0 Å². The van der Waals surface area contributed by atoms with Gasteiger partial charge in [-0.1, -0.05) is 23.2 Å². The van der Waals surface area contributed by atoms with Crippen molar-refractivity contribution >= 4 is 52.6 Å². The zero-order valence-corrected chi connectivity index (χ0v) is 17.6. The summed E-state index contributed by atoms with van der Waals surface area (Å²) in [7, 11) is 0. The number of pyridine rings is 1. The van der Waals surface area contributed by atoms with E-state index in [4.69, 9.17) is 33.9 Å². The minimum absolute atomic E-state index is 0. The van der Waals surface area contributed by atoms with Crippen molar-refractivity contribution in [2.24, 2.45) is 5.73 Å². The largest absolute Gasteiger partial charge is 0.340 e. The quantitative estimate of drug-likeness (QED) is 0.639. The average Bonchev–Trinajstić information content (AvgIpc) is 3.02. The summed E-state index contributed by atoms with van der Waals surface area (Å²) in [6, 6.07) is 8.67. The maximum atomic E-state index is 13.9. The molecule has 5 nitrogen and oxygen atoms in total. The number of imidazole rings is 1. The molecule has 3 heterocycles. The first-order valence-electron chi connectivity index (χ1n) is 8.87. The highest BCUT2D eigenvalue weighted by Crippen LogP contribution is 2.33. The molecule has 150 valence electrons. The molecule has 28 heavy (non-hydrogen) atoms. The standard InChI is InChI=1S/C19H20Cl2FN5.ClH/c1-11(16-4-3-13(21)9-24-16)27-18-8-12(20)2-5-17(18)25-19(27)26-7-6-14(22)15(23)10-26;/h2-5,8-9,11,14-15H,6-7,10,23H2,1H3;1H/t11?,14-,15-;/m1./s1. The number of piperidine rings is 1. The van der Waals surface area contributed by atoms with E-state index in [1.54, 1.807) is 6.20 Å². The summed E-state index contributed by atoms with van der Waals surface area (Å²) < 4.78 is 16.0. The van der Waals surface area contributed by atoms with Crippen molar-refractivity contribution in [2.45, 2.75) is 31.6 Å². The number of anilines is 1. The lowest BCUT2D eigenvalue weighted by atomic mass is 10.1. The maximum Gasteiger partial charge on any atom is 0.207 e. The Morgan fingerprint density at radius 3 is 2.64 bits per heavy atom. The highest BCUT2D eigenvalue weighted by Gasteiger charge is 2.30. The van der Waals surface area contributed by atoms with E-state index in [1.165, 1.54) is 0 Å². The van der Waals surface area contributed by atoms with Crippen LogP contribution in [0.5, 0.6) is 0 Å². The molecule has 3 aromatic rings. The van der Waals surface area contributed by atoms with E-state index < -0.39 is 12.2 Å². The lowest BCUT2D eigenvalue weighted by Crippen LogP contribution is -2.50. The topological polar surface area (TPSA) is 60.0 Å². The highest BCUT2D eigenvalue weighted by molar-refractivity contribution is 6.31. The summed E-state index contributed by atoms with van der Waals surface area (Å²) in [5.74, 6) is 0.749. The van der Waals surface area contributed by atoms with Crippen molar-refractivity contribution < 1.29 is 4.39 Å². The fraction of sp³-hybridized carbons (Fsp3) is 0.368. The molecule has 2 aromatic heterocycles. The molecule has 1 saturated heterocycles. The smallest absolute Gasteiger partial charge is 0.207 e. The molecular weight excluding hydrogens is 424 g/mol. The third-order valence-electron chi connectivity index (χ3n) is 5.05. The summed E-state index contributed by atoms with van der Waals surface area (Å²) in [4.78, 5) is 11.3. The summed E-state index contributed by atoms with van der Waals surface area (Å²) in [6.45, 7) is 3.02. The van der Waals surface area contributed by atoms with Gasteiger partial charge in [-0.2, -0.15) is 0 Å². The molecule has 0 saturated carbocycles. The fourth-order valence-electron chi connectivity index (χ4n) is 3.56. The zero-order valence-electron chi connectivity index (χ0n) is 15.2. The minimum atomic E-state index is -0.983. The predicted molar refractivity (Wildman–Crippen MR) is 115 cm³/mol. The minimum Gasteiger partial charge on any atom is -0.340 e. The molecule has 0 spiro atoms. The van der Waals surface area contributed by atoms with Gasteiger partial charge in [0.2, 0.25) is 5.95 Å². The van der Waals surface area contributed by atoms with E-state index >= 15 is 0 Å². The second-order valence-electron chi connectivity index (χ2n) is 6.91. The van der Waals surface area contributed by atoms with Gasteiger partial charge in [0.25, 0.3) is 0 Å². The Hall–Kier alpha value is -1.60. The lowest BCUT2D eigenvalue weighted by molar-refractivity contribution is 0.243. The number of hydrogen-bond donors (Lipinski definition) is 1. The maximum absolute atomic E-state index is 13.9. The van der Waals surface area contributed by atoms with E-state index in [-0.39, 0.29) is 18.4 Å². The van der Waals surface area contributed by atoms with Crippen LogP contribution in [-0.4, -0.2) is 39.8 Å². The number of alkyl halides is 1. The van der Waals surface area contributed by atoms with Crippen molar-refractivity contribution in [3.63, 3.8) is 0 Å². The number of nitrogens with zero attached hydrogens (tertiary/aromatic N) is 4. The van der Waals surface area contributed by atoms with Crippen LogP contribution in [0, 0.1) is 0 Å². The summed E-state index contributed by atoms with van der Waals surface area (Å²) in [5, 5.41) is 1.21. The van der Waals surface area contributed by atoms with Gasteiger partial charge >= 0.3 is 0 Å². The van der Waals surface area contributed by atoms with Crippen LogP contribution >= 0.6 is 35.6 Å². The Labute approximate surface area is 179 Å². The molecule has 1 aromatic carbocycles. The summed E-state index contributed by atoms with van der Waals surface area (Å²) >= 11 is 12.2. The van der Waals surface area contributed by atoms with Crippen LogP contribution in [0.4, 0.5) is 10.3 Å². The van der Waals surface area contributed by atoms with Crippen molar-refractivity contribution in [3.8, 4) is 0 Å². The predicted octanol–water partition coefficient (Wildman–Crippen LogP) is 4.64. The SMILES string of the molecule is CC(c1ccc(Cl)cn1)n1c(N2CC[C@@H](F)[C@H](N)C2)nc2ccc(Cl)cc21.Cl. The molecule has 4 rings (SSSR count). The molecule has 1 aliphatic heterocycles. The first kappa shape index (κ1) is 21.1. The van der Waals surface area contributed by atoms with Gasteiger partial charge in [0.05, 0.1) is 33.8 Å². The van der Waals surface area contributed by atoms with Crippen LogP contribution in [0.15, 0.2) is 36.5 Å². The third kappa shape index (κ3) is 3.92. The molecule has 3 atom stereocenters. The van der Waals surface area contributed by atoms with Crippen molar-refractivity contribution in [3.05, 3.63) is 52.3 Å². The number of benzene rings is 1. The van der Waals surface area contributed by atoms with E-state index in [0.29, 0.717) is 29.6 Å². The molecule has 1 fully saturated rings. The Balaban J connectivity index is 0.00000225. The van der Waals surface area contributed by atoms with Gasteiger partial charge < -0.3 is 15.2 Å². The Morgan fingerprint density at radius 1 is 1.21 bits per heavy atom. The molecule has 0 amide bonds. The molecule has 1 unspecified atom stereocenters. The van der Waals surface area contributed by atoms with Gasteiger partial charge in [0, 0.05) is 24.3 Å². The van der Waals surface area contributed by atoms with Gasteiger partial charge in [-0.25, -0.2) is 9.37 Å². The zero-order chi connectivity index (χ0) is 19.1. The lowest BCUT2D eigenvalue weighted by Gasteiger charge is -2.34. The number of aromatic nitrogens is 3. The van der Waals surface area contributed by atoms with Crippen LogP contribution < -0.4 is 10.6 Å². The van der Waals surface area contributed by atoms with Crippen LogP contribution in [0.25, 0.3) is 11.0 Å². The number of nitrogens with two attached hydrogens (primary N) is 1. The fourth-order valence-corrected chi connectivity index (χ4v) is 3.84. The Morgan fingerprint density at radius 2 is 1.96 bits per heavy atom. The molecular formula is C19H21Cl3FN5. The number of halogens is 4. The average molecular weight is 445 g/mol. The Bertz CT molecular complexity index is 962. The Kier molecular flexibility index (Phi) is 6.34. The van der Waals surface area contributed by atoms with Gasteiger partial charge in [-0.3, -0.25) is 4.98 Å². The van der Waals surface area contributed by atoms with E-state index in [9.17, 15) is 4.39 Å². The summed E-state index contributed by atoms with van der Waals surface area (Å²) in [6.07, 6.45) is 1.03. The van der Waals surface area contributed by atoms with E-state index in [2.05, 4.69) is 9.55 Å². The van der Waals surface area contributed by atoms with Crippen LogP contribution in [0.1, 0.15) is 25.1 Å². The second-order valence-corrected chi connectivity index (χ2v) is 7.78. The number of fused-ring (bicyclic) bond motifs is 1. The van der Waals surface area contributed by atoms with Gasteiger partial charge in [-0.15, -0.1) is 12.4 Å².